The molecule has 1 rings (SSSR count). The first kappa shape index (κ1) is 17.5. The van der Waals surface area contributed by atoms with Crippen LogP contribution in [0.2, 0.25) is 0 Å². The molecule has 1 aromatic rings. The lowest BCUT2D eigenvalue weighted by Gasteiger charge is -2.31. The summed E-state index contributed by atoms with van der Waals surface area (Å²) in [7, 11) is 0. The van der Waals surface area contributed by atoms with E-state index in [1.54, 1.807) is 0 Å². The Bertz CT molecular complexity index is 506. The zero-order valence-electron chi connectivity index (χ0n) is 11.7. The number of nitrogens with one attached hydrogen (secondary N) is 2. The molecule has 0 aliphatic carbocycles. The Morgan fingerprint density at radius 1 is 1.38 bits per heavy atom. The monoisotopic (exact) mass is 333 g/mol. The summed E-state index contributed by atoms with van der Waals surface area (Å²) in [5, 5.41) is 16.2. The van der Waals surface area contributed by atoms with Gasteiger partial charge in [0.05, 0.1) is 4.92 Å². The van der Waals surface area contributed by atoms with Crippen molar-refractivity contribution in [2.24, 2.45) is 0 Å². The van der Waals surface area contributed by atoms with Gasteiger partial charge in [-0.25, -0.2) is 0 Å². The highest BCUT2D eigenvalue weighted by Gasteiger charge is 2.34. The molecule has 0 spiro atoms. The van der Waals surface area contributed by atoms with Crippen LogP contribution in [-0.2, 0) is 4.79 Å². The summed E-state index contributed by atoms with van der Waals surface area (Å²) in [5.74, 6) is -0.281. The molecule has 21 heavy (non-hydrogen) atoms. The summed E-state index contributed by atoms with van der Waals surface area (Å²) in [6.45, 7) is 3.29. The lowest BCUT2D eigenvalue weighted by atomic mass is 10.2. The Morgan fingerprint density at radius 2 is 1.95 bits per heavy atom. The lowest BCUT2D eigenvalue weighted by Crippen LogP contribution is -2.50. The zero-order valence-corrected chi connectivity index (χ0v) is 13.2. The van der Waals surface area contributed by atoms with E-state index in [-0.39, 0.29) is 11.6 Å². The van der Waals surface area contributed by atoms with E-state index in [9.17, 15) is 14.9 Å². The Kier molecular flexibility index (Phi) is 6.23. The van der Waals surface area contributed by atoms with Crippen molar-refractivity contribution in [3.63, 3.8) is 0 Å². The topological polar surface area (TPSA) is 84.3 Å². The maximum atomic E-state index is 11.3. The van der Waals surface area contributed by atoms with Gasteiger partial charge in [0.15, 0.2) is 4.33 Å². The van der Waals surface area contributed by atoms with E-state index in [0.717, 1.165) is 6.42 Å². The molecule has 1 amide bonds. The Balaban J connectivity index is 2.90. The third kappa shape index (κ3) is 5.40. The summed E-state index contributed by atoms with van der Waals surface area (Å²) in [4.78, 5) is 21.4. The van der Waals surface area contributed by atoms with E-state index < -0.39 is 15.4 Å². The van der Waals surface area contributed by atoms with Crippen molar-refractivity contribution in [2.75, 3.05) is 5.32 Å². The molecule has 0 saturated heterocycles. The second-order valence-corrected chi connectivity index (χ2v) is 6.14. The van der Waals surface area contributed by atoms with Crippen LogP contribution >= 0.6 is 23.2 Å². The molecule has 0 heterocycles. The number of anilines is 1. The van der Waals surface area contributed by atoms with Crippen molar-refractivity contribution in [3.05, 3.63) is 34.4 Å². The number of nitrogens with zero attached hydrogens (tertiary/aromatic N) is 1. The van der Waals surface area contributed by atoms with E-state index in [1.165, 1.54) is 31.2 Å². The first-order valence-electron chi connectivity index (χ1n) is 6.42. The third-order valence-corrected chi connectivity index (χ3v) is 3.56. The highest BCUT2D eigenvalue weighted by molar-refractivity contribution is 6.49. The number of nitro groups is 1. The lowest BCUT2D eigenvalue weighted by molar-refractivity contribution is -0.384. The molecule has 1 atom stereocenters. The van der Waals surface area contributed by atoms with E-state index >= 15 is 0 Å². The van der Waals surface area contributed by atoms with E-state index in [1.807, 2.05) is 6.92 Å². The number of non-ortho nitro benzene ring substituents is 1. The SMILES string of the molecule is CCCC(Cl)(Cl)C(NC(C)=O)Nc1ccc([N+](=O)[O-])cc1. The fourth-order valence-corrected chi connectivity index (χ4v) is 2.37. The Morgan fingerprint density at radius 3 is 2.38 bits per heavy atom. The van der Waals surface area contributed by atoms with Crippen molar-refractivity contribution >= 4 is 40.5 Å². The minimum Gasteiger partial charge on any atom is -0.363 e. The number of alkyl halides is 2. The summed E-state index contributed by atoms with van der Waals surface area (Å²) < 4.78 is -1.19. The van der Waals surface area contributed by atoms with Gasteiger partial charge >= 0.3 is 0 Å². The number of nitro benzene ring substituents is 1. The molecular formula is C13H17Cl2N3O3. The van der Waals surface area contributed by atoms with Gasteiger partial charge in [-0.3, -0.25) is 14.9 Å². The maximum absolute atomic E-state index is 11.3. The predicted molar refractivity (Wildman–Crippen MR) is 83.7 cm³/mol. The molecule has 0 aliphatic rings. The van der Waals surface area contributed by atoms with E-state index in [0.29, 0.717) is 12.1 Å². The van der Waals surface area contributed by atoms with Crippen LogP contribution in [0.25, 0.3) is 0 Å². The van der Waals surface area contributed by atoms with Crippen molar-refractivity contribution < 1.29 is 9.72 Å². The van der Waals surface area contributed by atoms with Crippen LogP contribution in [0.3, 0.4) is 0 Å². The van der Waals surface area contributed by atoms with Gasteiger partial charge in [-0.2, -0.15) is 0 Å². The minimum absolute atomic E-state index is 0.0202. The van der Waals surface area contributed by atoms with Gasteiger partial charge in [-0.15, -0.1) is 0 Å². The Hall–Kier alpha value is -1.53. The Labute approximate surface area is 133 Å². The van der Waals surface area contributed by atoms with Crippen molar-refractivity contribution in [1.82, 2.24) is 5.32 Å². The van der Waals surface area contributed by atoms with Gasteiger partial charge in [-0.05, 0) is 18.6 Å². The average molecular weight is 334 g/mol. The van der Waals surface area contributed by atoms with Crippen LogP contribution in [0.15, 0.2) is 24.3 Å². The number of halogens is 2. The smallest absolute Gasteiger partial charge is 0.269 e. The molecule has 1 unspecified atom stereocenters. The molecule has 116 valence electrons. The van der Waals surface area contributed by atoms with Gasteiger partial charge < -0.3 is 10.6 Å². The van der Waals surface area contributed by atoms with Crippen LogP contribution in [-0.4, -0.2) is 21.3 Å². The van der Waals surface area contributed by atoms with Crippen molar-refractivity contribution in [2.45, 2.75) is 37.2 Å². The minimum atomic E-state index is -1.19. The normalized spacial score (nSPS) is 12.6. The maximum Gasteiger partial charge on any atom is 0.269 e. The second kappa shape index (κ2) is 7.47. The summed E-state index contributed by atoms with van der Waals surface area (Å²) in [6, 6.07) is 5.78. The fourth-order valence-electron chi connectivity index (χ4n) is 1.77. The number of hydrogen-bond donors (Lipinski definition) is 2. The van der Waals surface area contributed by atoms with Gasteiger partial charge in [0.2, 0.25) is 5.91 Å². The van der Waals surface area contributed by atoms with Crippen molar-refractivity contribution in [1.29, 1.82) is 0 Å². The van der Waals surface area contributed by atoms with Crippen molar-refractivity contribution in [3.8, 4) is 0 Å². The van der Waals surface area contributed by atoms with Crippen LogP contribution in [0, 0.1) is 10.1 Å². The summed E-state index contributed by atoms with van der Waals surface area (Å²) >= 11 is 12.5. The second-order valence-electron chi connectivity index (χ2n) is 4.59. The molecule has 0 aliphatic heterocycles. The molecule has 0 bridgehead atoms. The van der Waals surface area contributed by atoms with E-state index in [2.05, 4.69) is 10.6 Å². The summed E-state index contributed by atoms with van der Waals surface area (Å²) in [6.07, 6.45) is 0.506. The number of amides is 1. The third-order valence-electron chi connectivity index (χ3n) is 2.74. The molecule has 2 N–H and O–H groups in total. The fraction of sp³-hybridized carbons (Fsp3) is 0.462. The number of carbonyl (C=O) groups excluding carboxylic acids is 1. The highest BCUT2D eigenvalue weighted by atomic mass is 35.5. The van der Waals surface area contributed by atoms with Crippen LogP contribution < -0.4 is 10.6 Å². The van der Waals surface area contributed by atoms with Gasteiger partial charge in [-0.1, -0.05) is 36.5 Å². The molecular weight excluding hydrogens is 317 g/mol. The summed E-state index contributed by atoms with van der Waals surface area (Å²) in [5.41, 5.74) is 0.550. The number of rotatable bonds is 7. The largest absolute Gasteiger partial charge is 0.363 e. The standard InChI is InChI=1S/C13H17Cl2N3O3/c1-3-8-13(14,15)12(16-9(2)19)17-10-4-6-11(7-5-10)18(20)21/h4-7,12,17H,3,8H2,1-2H3,(H,16,19). The predicted octanol–water partition coefficient (Wildman–Crippen LogP) is 3.44. The number of benzene rings is 1. The van der Waals surface area contributed by atoms with Crippen LogP contribution in [0.5, 0.6) is 0 Å². The van der Waals surface area contributed by atoms with E-state index in [4.69, 9.17) is 23.2 Å². The van der Waals surface area contributed by atoms with Crippen LogP contribution in [0.1, 0.15) is 26.7 Å². The molecule has 6 nitrogen and oxygen atoms in total. The molecule has 1 aromatic carbocycles. The zero-order chi connectivity index (χ0) is 16.0. The first-order chi connectivity index (χ1) is 9.76. The molecule has 8 heteroatoms. The highest BCUT2D eigenvalue weighted by Crippen LogP contribution is 2.32. The quantitative estimate of drug-likeness (QED) is 0.346. The molecule has 0 saturated carbocycles. The van der Waals surface area contributed by atoms with Crippen LogP contribution in [0.4, 0.5) is 11.4 Å². The molecule has 0 fully saturated rings. The molecule has 0 radical (unpaired) electrons. The number of carbonyl (C=O) groups is 1. The molecule has 0 aromatic heterocycles. The van der Waals surface area contributed by atoms with Gasteiger partial charge in [0.1, 0.15) is 6.17 Å². The average Bonchev–Trinajstić information content (AvgIpc) is 2.38. The van der Waals surface area contributed by atoms with Gasteiger partial charge in [0.25, 0.3) is 5.69 Å². The van der Waals surface area contributed by atoms with Gasteiger partial charge in [0, 0.05) is 24.7 Å². The first-order valence-corrected chi connectivity index (χ1v) is 7.17. The number of hydrogen-bond acceptors (Lipinski definition) is 4.